The molecule has 0 aliphatic rings. The average Bonchev–Trinajstić information content (AvgIpc) is 2.66. The molecule has 160 valence electrons. The molecule has 0 atom stereocenters. The van der Waals surface area contributed by atoms with Crippen LogP contribution in [0.25, 0.3) is 0 Å². The standard InChI is InChI=1S/C19H16ClN5O5S/c1-11-9-12(2)22-19(21-11)24-31(29,30)15-6-4-14(5-7-15)23-18(26)13-3-8-17(25(27)28)16(20)10-13/h3-10H,1-2H3,(H,23,26)(H,21,22,24). The molecule has 10 nitrogen and oxygen atoms in total. The number of amides is 1. The van der Waals surface area contributed by atoms with Crippen LogP contribution >= 0.6 is 11.6 Å². The summed E-state index contributed by atoms with van der Waals surface area (Å²) in [6, 6.07) is 10.7. The van der Waals surface area contributed by atoms with E-state index < -0.39 is 20.9 Å². The zero-order valence-corrected chi connectivity index (χ0v) is 17.9. The van der Waals surface area contributed by atoms with Crippen LogP contribution in [0.3, 0.4) is 0 Å². The first-order chi connectivity index (χ1) is 14.5. The normalized spacial score (nSPS) is 11.1. The Bertz CT molecular complexity index is 1260. The molecule has 0 radical (unpaired) electrons. The van der Waals surface area contributed by atoms with Crippen LogP contribution in [0.5, 0.6) is 0 Å². The van der Waals surface area contributed by atoms with Crippen molar-refractivity contribution in [1.29, 1.82) is 0 Å². The third-order valence-corrected chi connectivity index (χ3v) is 5.68. The summed E-state index contributed by atoms with van der Waals surface area (Å²) in [5.41, 5.74) is 1.36. The van der Waals surface area contributed by atoms with E-state index in [2.05, 4.69) is 20.0 Å². The van der Waals surface area contributed by atoms with Crippen molar-refractivity contribution in [3.05, 3.63) is 80.6 Å². The minimum Gasteiger partial charge on any atom is -0.322 e. The Labute approximate surface area is 182 Å². The van der Waals surface area contributed by atoms with Crippen LogP contribution in [0, 0.1) is 24.0 Å². The van der Waals surface area contributed by atoms with E-state index in [1.807, 2.05) is 0 Å². The lowest BCUT2D eigenvalue weighted by Gasteiger charge is -2.09. The van der Waals surface area contributed by atoms with Crippen molar-refractivity contribution in [2.75, 3.05) is 10.0 Å². The summed E-state index contributed by atoms with van der Waals surface area (Å²) >= 11 is 5.82. The van der Waals surface area contributed by atoms with E-state index in [9.17, 15) is 23.3 Å². The first kappa shape index (κ1) is 22.1. The van der Waals surface area contributed by atoms with Crippen LogP contribution in [0.2, 0.25) is 5.02 Å². The summed E-state index contributed by atoms with van der Waals surface area (Å²) < 4.78 is 27.4. The molecule has 0 spiro atoms. The van der Waals surface area contributed by atoms with Crippen molar-refractivity contribution in [3.8, 4) is 0 Å². The van der Waals surface area contributed by atoms with E-state index >= 15 is 0 Å². The fourth-order valence-corrected chi connectivity index (χ4v) is 3.86. The predicted octanol–water partition coefficient (Wildman–Crippen LogP) is 3.71. The molecule has 1 heterocycles. The smallest absolute Gasteiger partial charge is 0.287 e. The van der Waals surface area contributed by atoms with Crippen LogP contribution in [-0.4, -0.2) is 29.2 Å². The number of carbonyl (C=O) groups excluding carboxylic acids is 1. The van der Waals surface area contributed by atoms with Crippen LogP contribution in [-0.2, 0) is 10.0 Å². The molecular formula is C19H16ClN5O5S. The van der Waals surface area contributed by atoms with E-state index in [1.54, 1.807) is 19.9 Å². The summed E-state index contributed by atoms with van der Waals surface area (Å²) in [7, 11) is -3.93. The van der Waals surface area contributed by atoms with Crippen molar-refractivity contribution in [2.45, 2.75) is 18.7 Å². The van der Waals surface area contributed by atoms with E-state index in [1.165, 1.54) is 36.4 Å². The SMILES string of the molecule is Cc1cc(C)nc(NS(=O)(=O)c2ccc(NC(=O)c3ccc([N+](=O)[O-])c(Cl)c3)cc2)n1. The highest BCUT2D eigenvalue weighted by atomic mass is 35.5. The molecule has 0 aliphatic heterocycles. The van der Waals surface area contributed by atoms with Crippen molar-refractivity contribution in [3.63, 3.8) is 0 Å². The fourth-order valence-electron chi connectivity index (χ4n) is 2.67. The second-order valence-corrected chi connectivity index (χ2v) is 8.57. The van der Waals surface area contributed by atoms with Gasteiger partial charge in [-0.25, -0.2) is 23.1 Å². The number of hydrogen-bond acceptors (Lipinski definition) is 7. The molecule has 3 rings (SSSR count). The minimum absolute atomic E-state index is 0.0371. The van der Waals surface area contributed by atoms with Gasteiger partial charge in [0, 0.05) is 28.7 Å². The van der Waals surface area contributed by atoms with Crippen molar-refractivity contribution >= 4 is 44.9 Å². The molecule has 0 bridgehead atoms. The van der Waals surface area contributed by atoms with Gasteiger partial charge in [0.15, 0.2) is 0 Å². The number of benzene rings is 2. The molecule has 0 saturated carbocycles. The van der Waals surface area contributed by atoms with Crippen LogP contribution < -0.4 is 10.0 Å². The van der Waals surface area contributed by atoms with Crippen molar-refractivity contribution in [2.24, 2.45) is 0 Å². The first-order valence-corrected chi connectivity index (χ1v) is 10.6. The molecule has 31 heavy (non-hydrogen) atoms. The number of halogens is 1. The lowest BCUT2D eigenvalue weighted by atomic mass is 10.2. The van der Waals surface area contributed by atoms with Gasteiger partial charge in [-0.2, -0.15) is 0 Å². The zero-order valence-electron chi connectivity index (χ0n) is 16.3. The van der Waals surface area contributed by atoms with Crippen LogP contribution in [0.1, 0.15) is 21.7 Å². The average molecular weight is 462 g/mol. The second kappa shape index (κ2) is 8.66. The summed E-state index contributed by atoms with van der Waals surface area (Å²) in [6.45, 7) is 3.45. The maximum Gasteiger partial charge on any atom is 0.287 e. The van der Waals surface area contributed by atoms with Gasteiger partial charge in [0.2, 0.25) is 5.95 Å². The number of nitro benzene ring substituents is 1. The number of anilines is 2. The van der Waals surface area contributed by atoms with Gasteiger partial charge in [-0.15, -0.1) is 0 Å². The van der Waals surface area contributed by atoms with E-state index in [4.69, 9.17) is 11.6 Å². The minimum atomic E-state index is -3.93. The van der Waals surface area contributed by atoms with Crippen molar-refractivity contribution in [1.82, 2.24) is 9.97 Å². The van der Waals surface area contributed by atoms with Crippen LogP contribution in [0.15, 0.2) is 53.4 Å². The molecule has 1 aromatic heterocycles. The maximum atomic E-state index is 12.6. The maximum absolute atomic E-state index is 12.6. The van der Waals surface area contributed by atoms with Gasteiger partial charge >= 0.3 is 0 Å². The van der Waals surface area contributed by atoms with Gasteiger partial charge in [0.05, 0.1) is 9.82 Å². The molecule has 0 saturated heterocycles. The summed E-state index contributed by atoms with van der Waals surface area (Å²) in [5.74, 6) is -0.598. The Morgan fingerprint density at radius 3 is 2.19 bits per heavy atom. The molecule has 3 aromatic rings. The summed E-state index contributed by atoms with van der Waals surface area (Å²) in [6.07, 6.45) is 0. The molecule has 2 aromatic carbocycles. The molecular weight excluding hydrogens is 446 g/mol. The number of nitro groups is 1. The molecule has 0 unspecified atom stereocenters. The third-order valence-electron chi connectivity index (χ3n) is 4.04. The van der Waals surface area contributed by atoms with Gasteiger partial charge in [-0.3, -0.25) is 14.9 Å². The highest BCUT2D eigenvalue weighted by Crippen LogP contribution is 2.25. The van der Waals surface area contributed by atoms with Crippen LogP contribution in [0.4, 0.5) is 17.3 Å². The monoisotopic (exact) mass is 461 g/mol. The number of sulfonamides is 1. The van der Waals surface area contributed by atoms with Gasteiger partial charge in [0.25, 0.3) is 21.6 Å². The predicted molar refractivity (Wildman–Crippen MR) is 115 cm³/mol. The lowest BCUT2D eigenvalue weighted by Crippen LogP contribution is -2.16. The Hall–Kier alpha value is -3.57. The van der Waals surface area contributed by atoms with Gasteiger partial charge in [-0.05, 0) is 56.3 Å². The molecule has 0 aliphatic carbocycles. The van der Waals surface area contributed by atoms with E-state index in [0.29, 0.717) is 17.1 Å². The fraction of sp³-hybridized carbons (Fsp3) is 0.105. The highest BCUT2D eigenvalue weighted by molar-refractivity contribution is 7.92. The Balaban J connectivity index is 1.74. The largest absolute Gasteiger partial charge is 0.322 e. The number of rotatable bonds is 6. The Morgan fingerprint density at radius 2 is 1.65 bits per heavy atom. The number of hydrogen-bond donors (Lipinski definition) is 2. The number of carbonyl (C=O) groups is 1. The third kappa shape index (κ3) is 5.32. The second-order valence-electron chi connectivity index (χ2n) is 6.48. The Morgan fingerprint density at radius 1 is 1.03 bits per heavy atom. The Kier molecular flexibility index (Phi) is 6.18. The quantitative estimate of drug-likeness (QED) is 0.420. The highest BCUT2D eigenvalue weighted by Gasteiger charge is 2.18. The van der Waals surface area contributed by atoms with Crippen molar-refractivity contribution < 1.29 is 18.1 Å². The molecule has 1 amide bonds. The first-order valence-electron chi connectivity index (χ1n) is 8.75. The number of aromatic nitrogens is 2. The molecule has 2 N–H and O–H groups in total. The summed E-state index contributed by atoms with van der Waals surface area (Å²) in [4.78, 5) is 30.6. The summed E-state index contributed by atoms with van der Waals surface area (Å²) in [5, 5.41) is 13.2. The topological polar surface area (TPSA) is 144 Å². The van der Waals surface area contributed by atoms with Gasteiger partial charge < -0.3 is 5.32 Å². The van der Waals surface area contributed by atoms with Gasteiger partial charge in [0.1, 0.15) is 5.02 Å². The number of aryl methyl sites for hydroxylation is 2. The van der Waals surface area contributed by atoms with Gasteiger partial charge in [-0.1, -0.05) is 11.6 Å². The van der Waals surface area contributed by atoms with E-state index in [-0.39, 0.29) is 27.1 Å². The molecule has 0 fully saturated rings. The number of nitrogens with zero attached hydrogens (tertiary/aromatic N) is 3. The molecule has 12 heteroatoms. The zero-order chi connectivity index (χ0) is 22.8. The lowest BCUT2D eigenvalue weighted by molar-refractivity contribution is -0.384. The number of nitrogens with one attached hydrogen (secondary N) is 2. The van der Waals surface area contributed by atoms with E-state index in [0.717, 1.165) is 6.07 Å².